The molecule has 7 amide bonds. The number of β-lactam (4-membered cyclic amide) rings is 2. The molecule has 0 unspecified atom stereocenters. The Morgan fingerprint density at radius 2 is 1.68 bits per heavy atom. The van der Waals surface area contributed by atoms with Crippen LogP contribution in [0.15, 0.2) is 42.7 Å². The van der Waals surface area contributed by atoms with Gasteiger partial charge in [0.15, 0.2) is 15.9 Å². The standard InChI is InChI=1S/C23H27N5O7S.C10H12N4O5S.Na/c1-4-26-10-11-27(19(32)18(26)31)22(35)25-13(12-8-6-5-7-9-12)16(29)24-14-17(30)28-15(21(33)34)23(2,3)36-20(14)28;1-10(5-13-3-2-11-12-13)8(9(16)17)14-6(15)4-7(14)20(10,18)19;/h5-9,13-15,20H,4,10-11H2,1-3H3,(H,24,29)(H,25,35)(H,33,34);2-3,7-8H,4-5H2,1H3,(H,16,17);/q;;+1/p-1/t13-,14+,15-,20+;7-,8+,10+;/m11./s1. The number of aromatic nitrogens is 3. The number of benzene rings is 1. The quantitative estimate of drug-likeness (QED) is 0.120. The molecule has 0 spiro atoms. The summed E-state index contributed by atoms with van der Waals surface area (Å²) in [5, 5.41) is 31.7. The first-order valence-electron chi connectivity index (χ1n) is 17.4. The number of piperazine rings is 1. The Hall–Kier alpha value is -4.58. The maximum Gasteiger partial charge on any atom is 1.00 e. The number of thioether (sulfide) groups is 1. The van der Waals surface area contributed by atoms with Crippen LogP contribution in [0.1, 0.15) is 45.7 Å². The molecule has 5 saturated heterocycles. The number of imide groups is 1. The average molecular weight is 840 g/mol. The minimum Gasteiger partial charge on any atom is -0.548 e. The molecule has 5 aliphatic rings. The molecule has 7 rings (SSSR count). The van der Waals surface area contributed by atoms with Crippen LogP contribution < -0.4 is 45.3 Å². The van der Waals surface area contributed by atoms with Gasteiger partial charge in [-0.15, -0.1) is 16.9 Å². The van der Waals surface area contributed by atoms with Gasteiger partial charge in [0, 0.05) is 30.6 Å². The van der Waals surface area contributed by atoms with E-state index >= 15 is 0 Å². The summed E-state index contributed by atoms with van der Waals surface area (Å²) in [5.74, 6) is -6.22. The maximum atomic E-state index is 13.3. The number of carbonyl (C=O) groups is 8. The van der Waals surface area contributed by atoms with Gasteiger partial charge in [0.2, 0.25) is 17.7 Å². The van der Waals surface area contributed by atoms with Crippen molar-refractivity contribution < 1.29 is 86.5 Å². The number of fused-ring (bicyclic) bond motifs is 2. The number of carbonyl (C=O) groups excluding carboxylic acids is 7. The molecule has 5 aliphatic heterocycles. The number of hydrogen-bond acceptors (Lipinski definition) is 14. The van der Waals surface area contributed by atoms with Gasteiger partial charge in [-0.25, -0.2) is 18.0 Å². The molecule has 7 atom stereocenters. The summed E-state index contributed by atoms with van der Waals surface area (Å²) in [6.45, 7) is 6.76. The molecule has 6 heterocycles. The molecule has 24 heteroatoms. The Kier molecular flexibility index (Phi) is 12.2. The van der Waals surface area contributed by atoms with Crippen molar-refractivity contribution in [2.24, 2.45) is 0 Å². The van der Waals surface area contributed by atoms with Crippen molar-refractivity contribution in [1.29, 1.82) is 0 Å². The van der Waals surface area contributed by atoms with Crippen LogP contribution in [0.4, 0.5) is 4.79 Å². The number of urea groups is 1. The van der Waals surface area contributed by atoms with Crippen molar-refractivity contribution in [3.8, 4) is 0 Å². The van der Waals surface area contributed by atoms with Crippen molar-refractivity contribution in [1.82, 2.24) is 45.2 Å². The third-order valence-corrected chi connectivity index (χ3v) is 14.9. The van der Waals surface area contributed by atoms with Gasteiger partial charge in [0.1, 0.15) is 27.6 Å². The van der Waals surface area contributed by atoms with Crippen LogP contribution in [0.2, 0.25) is 0 Å². The molecule has 0 bridgehead atoms. The van der Waals surface area contributed by atoms with E-state index in [1.54, 1.807) is 51.1 Å². The molecule has 0 saturated carbocycles. The number of carboxylic acids is 2. The minimum atomic E-state index is -3.80. The Balaban J connectivity index is 0.000000249. The van der Waals surface area contributed by atoms with E-state index < -0.39 is 102 Å². The predicted octanol–water partition coefficient (Wildman–Crippen LogP) is -6.09. The summed E-state index contributed by atoms with van der Waals surface area (Å²) in [4.78, 5) is 103. The first kappa shape index (κ1) is 43.5. The molecule has 0 radical (unpaired) electrons. The van der Waals surface area contributed by atoms with Crippen LogP contribution in [0.3, 0.4) is 0 Å². The third-order valence-electron chi connectivity index (χ3n) is 10.6. The van der Waals surface area contributed by atoms with E-state index in [9.17, 15) is 57.0 Å². The topological polar surface area (TPSA) is 282 Å². The van der Waals surface area contributed by atoms with Gasteiger partial charge in [-0.3, -0.25) is 33.6 Å². The van der Waals surface area contributed by atoms with Gasteiger partial charge in [-0.1, -0.05) is 35.5 Å². The van der Waals surface area contributed by atoms with Crippen molar-refractivity contribution >= 4 is 69.1 Å². The average Bonchev–Trinajstić information content (AvgIpc) is 3.78. The summed E-state index contributed by atoms with van der Waals surface area (Å²) in [6, 6.07) is 2.52. The number of carboxylic acid groups (broad SMARTS) is 2. The summed E-state index contributed by atoms with van der Waals surface area (Å²) in [7, 11) is -3.80. The first-order chi connectivity index (χ1) is 26.3. The number of likely N-dealkylation sites (N-methyl/N-ethyl adjacent to an activating group) is 1. The Morgan fingerprint density at radius 3 is 2.25 bits per heavy atom. The van der Waals surface area contributed by atoms with Crippen LogP contribution >= 0.6 is 11.8 Å². The first-order valence-corrected chi connectivity index (χ1v) is 19.8. The minimum absolute atomic E-state index is 0. The number of rotatable bonds is 9. The molecule has 5 fully saturated rings. The van der Waals surface area contributed by atoms with E-state index in [0.29, 0.717) is 12.1 Å². The largest absolute Gasteiger partial charge is 1.00 e. The van der Waals surface area contributed by atoms with E-state index in [4.69, 9.17) is 0 Å². The van der Waals surface area contributed by atoms with Crippen LogP contribution in [-0.2, 0) is 49.9 Å². The molecule has 0 aliphatic carbocycles. The summed E-state index contributed by atoms with van der Waals surface area (Å²) in [6.07, 6.45) is 2.68. The second kappa shape index (κ2) is 16.0. The summed E-state index contributed by atoms with van der Waals surface area (Å²) in [5.41, 5.74) is 0.393. The fourth-order valence-corrected chi connectivity index (χ4v) is 11.6. The summed E-state index contributed by atoms with van der Waals surface area (Å²) >= 11 is 1.24. The SMILES string of the molecule is CCN1CCN(C(=O)N[C@@H](C(=O)N[C@H]2C(=O)N3[C@H]2SC(C)(C)[C@H]3C(=O)[O-])c2ccccc2)C(=O)C1=O.C[C@]1(Cn2ccnn2)[C@H](C(=O)O)N2C(=O)C[C@H]2S1(=O)=O.[Na+]. The van der Waals surface area contributed by atoms with Crippen LogP contribution in [0.5, 0.6) is 0 Å². The van der Waals surface area contributed by atoms with Gasteiger partial charge in [0.25, 0.3) is 0 Å². The molecule has 1 aromatic heterocycles. The molecule has 300 valence electrons. The van der Waals surface area contributed by atoms with Crippen molar-refractivity contribution in [3.05, 3.63) is 48.3 Å². The smallest absolute Gasteiger partial charge is 0.548 e. The van der Waals surface area contributed by atoms with Gasteiger partial charge >= 0.3 is 53.4 Å². The molecule has 57 heavy (non-hydrogen) atoms. The molecular formula is C33H38N9NaO12S2. The van der Waals surface area contributed by atoms with E-state index in [1.807, 2.05) is 0 Å². The Bertz CT molecular complexity index is 2110. The number of aliphatic carboxylic acids is 2. The van der Waals surface area contributed by atoms with E-state index in [0.717, 1.165) is 9.80 Å². The monoisotopic (exact) mass is 839 g/mol. The normalized spacial score (nSPS) is 28.4. The van der Waals surface area contributed by atoms with Gasteiger partial charge in [-0.05, 0) is 33.3 Å². The number of sulfone groups is 1. The fraction of sp³-hybridized carbons (Fsp3) is 0.515. The molecular weight excluding hydrogens is 802 g/mol. The maximum absolute atomic E-state index is 13.3. The molecule has 3 N–H and O–H groups in total. The zero-order valence-electron chi connectivity index (χ0n) is 31.4. The number of nitrogens with one attached hydrogen (secondary N) is 2. The van der Waals surface area contributed by atoms with Crippen LogP contribution in [0, 0.1) is 0 Å². The van der Waals surface area contributed by atoms with Crippen LogP contribution in [-0.4, -0.2) is 154 Å². The second-order valence-electron chi connectivity index (χ2n) is 14.4. The number of hydrogen-bond donors (Lipinski definition) is 3. The third kappa shape index (κ3) is 7.38. The van der Waals surface area contributed by atoms with Crippen LogP contribution in [0.25, 0.3) is 0 Å². The summed E-state index contributed by atoms with van der Waals surface area (Å²) < 4.78 is 23.9. The van der Waals surface area contributed by atoms with Crippen molar-refractivity contribution in [2.45, 2.75) is 85.1 Å². The fourth-order valence-electron chi connectivity index (χ4n) is 7.61. The Morgan fingerprint density at radius 1 is 1.02 bits per heavy atom. The van der Waals surface area contributed by atoms with E-state index in [2.05, 4.69) is 20.9 Å². The molecule has 2 aromatic rings. The zero-order chi connectivity index (χ0) is 41.1. The van der Waals surface area contributed by atoms with Crippen molar-refractivity contribution in [2.75, 3.05) is 19.6 Å². The zero-order valence-corrected chi connectivity index (χ0v) is 35.1. The van der Waals surface area contributed by atoms with Gasteiger partial charge < -0.3 is 40.3 Å². The number of nitrogens with zero attached hydrogens (tertiary/aromatic N) is 7. The number of amides is 7. The Labute approximate surface area is 352 Å². The molecule has 21 nitrogen and oxygen atoms in total. The van der Waals surface area contributed by atoms with Gasteiger partial charge in [0.05, 0.1) is 31.2 Å². The second-order valence-corrected chi connectivity index (χ2v) is 18.7. The predicted molar refractivity (Wildman–Crippen MR) is 189 cm³/mol. The van der Waals surface area contributed by atoms with Crippen molar-refractivity contribution in [3.63, 3.8) is 0 Å². The van der Waals surface area contributed by atoms with Gasteiger partial charge in [-0.2, -0.15) is 0 Å². The van der Waals surface area contributed by atoms with E-state index in [1.165, 1.54) is 45.6 Å². The molecule has 1 aromatic carbocycles. The van der Waals surface area contributed by atoms with E-state index in [-0.39, 0.29) is 55.6 Å².